The molecule has 4 rings (SSSR count). The lowest BCUT2D eigenvalue weighted by Crippen LogP contribution is -2.46. The van der Waals surface area contributed by atoms with E-state index in [9.17, 15) is 8.78 Å². The molecule has 11 heteroatoms. The van der Waals surface area contributed by atoms with Gasteiger partial charge in [0.15, 0.2) is 29.9 Å². The summed E-state index contributed by atoms with van der Waals surface area (Å²) < 4.78 is 34.8. The van der Waals surface area contributed by atoms with E-state index in [0.29, 0.717) is 36.3 Å². The number of aromatic nitrogens is 3. The maximum Gasteiger partial charge on any atom is 0.181 e. The molecule has 0 amide bonds. The van der Waals surface area contributed by atoms with Crippen LogP contribution >= 0.6 is 0 Å². The molecule has 0 radical (unpaired) electrons. The molecular formula is C24H28F2N8O. The van der Waals surface area contributed by atoms with Crippen LogP contribution in [0, 0.1) is 18.6 Å². The molecule has 35 heavy (non-hydrogen) atoms. The molecule has 9 nitrogen and oxygen atoms in total. The minimum Gasteiger partial charge on any atom is -0.468 e. The minimum absolute atomic E-state index is 0.115. The van der Waals surface area contributed by atoms with Gasteiger partial charge in [-0.3, -0.25) is 5.10 Å². The minimum atomic E-state index is -0.634. The number of piperazine rings is 1. The van der Waals surface area contributed by atoms with Gasteiger partial charge in [0.2, 0.25) is 0 Å². The number of aliphatic imine (C=N–C) groups is 2. The van der Waals surface area contributed by atoms with Crippen LogP contribution in [0.25, 0.3) is 17.0 Å². The van der Waals surface area contributed by atoms with Gasteiger partial charge in [0, 0.05) is 55.5 Å². The molecule has 1 aromatic carbocycles. The summed E-state index contributed by atoms with van der Waals surface area (Å²) in [5.74, 6) is 0.155. The first-order valence-electron chi connectivity index (χ1n) is 11.2. The second-order valence-electron chi connectivity index (χ2n) is 7.96. The number of aryl methyl sites for hydroxylation is 1. The number of benzene rings is 1. The van der Waals surface area contributed by atoms with E-state index in [2.05, 4.69) is 47.4 Å². The van der Waals surface area contributed by atoms with Gasteiger partial charge in [-0.25, -0.2) is 18.8 Å². The Morgan fingerprint density at radius 1 is 1.29 bits per heavy atom. The second-order valence-corrected chi connectivity index (χ2v) is 7.96. The van der Waals surface area contributed by atoms with Crippen molar-refractivity contribution in [1.29, 1.82) is 0 Å². The van der Waals surface area contributed by atoms with Gasteiger partial charge in [0.1, 0.15) is 11.7 Å². The number of rotatable bonds is 8. The van der Waals surface area contributed by atoms with Gasteiger partial charge in [0.25, 0.3) is 0 Å². The number of H-pyrrole nitrogens is 2. The van der Waals surface area contributed by atoms with Gasteiger partial charge >= 0.3 is 0 Å². The molecule has 1 aliphatic rings. The van der Waals surface area contributed by atoms with Crippen molar-refractivity contribution < 1.29 is 13.5 Å². The van der Waals surface area contributed by atoms with Crippen LogP contribution in [-0.4, -0.2) is 65.5 Å². The first-order chi connectivity index (χ1) is 17.0. The van der Waals surface area contributed by atoms with Gasteiger partial charge < -0.3 is 25.3 Å². The molecule has 0 atom stereocenters. The molecule has 0 saturated carbocycles. The Balaban J connectivity index is 1.56. The summed E-state index contributed by atoms with van der Waals surface area (Å²) in [4.78, 5) is 13.4. The van der Waals surface area contributed by atoms with E-state index in [-0.39, 0.29) is 23.4 Å². The summed E-state index contributed by atoms with van der Waals surface area (Å²) in [6.07, 6.45) is 5.52. The maximum atomic E-state index is 14.9. The van der Waals surface area contributed by atoms with Gasteiger partial charge in [-0.1, -0.05) is 6.08 Å². The zero-order valence-electron chi connectivity index (χ0n) is 19.7. The molecular weight excluding hydrogens is 454 g/mol. The third kappa shape index (κ3) is 5.75. The third-order valence-electron chi connectivity index (χ3n) is 5.43. The smallest absolute Gasteiger partial charge is 0.181 e. The van der Waals surface area contributed by atoms with Gasteiger partial charge in [0.05, 0.1) is 11.2 Å². The molecule has 0 aliphatic carbocycles. The number of hydrogen-bond donors (Lipinski definition) is 4. The molecule has 3 aromatic rings. The number of halogens is 2. The molecule has 1 fully saturated rings. The second kappa shape index (κ2) is 11.0. The average molecular weight is 483 g/mol. The number of ether oxygens (including phenoxy) is 1. The van der Waals surface area contributed by atoms with Gasteiger partial charge in [-0.05, 0) is 32.7 Å². The predicted molar refractivity (Wildman–Crippen MR) is 135 cm³/mol. The number of nitrogens with zero attached hydrogens (tertiary/aromatic N) is 4. The van der Waals surface area contributed by atoms with Crippen LogP contribution in [0.2, 0.25) is 0 Å². The molecule has 0 spiro atoms. The Morgan fingerprint density at radius 3 is 2.83 bits per heavy atom. The number of fused-ring (bicyclic) bond motifs is 1. The summed E-state index contributed by atoms with van der Waals surface area (Å²) in [5.41, 5.74) is 1.61. The Kier molecular flexibility index (Phi) is 7.56. The van der Waals surface area contributed by atoms with Crippen LogP contribution in [0.15, 0.2) is 46.2 Å². The fraction of sp³-hybridized carbons (Fsp3) is 0.292. The lowest BCUT2D eigenvalue weighted by Gasteiger charge is -2.29. The van der Waals surface area contributed by atoms with Crippen molar-refractivity contribution in [2.75, 3.05) is 38.2 Å². The summed E-state index contributed by atoms with van der Waals surface area (Å²) >= 11 is 0. The largest absolute Gasteiger partial charge is 0.468 e. The average Bonchev–Trinajstić information content (AvgIpc) is 3.48. The SMILES string of the molecule is C=N/C(=C\C(=N/COc1cc(F)c2[nH]c(C)cc2c1F)N1CCNCC1)Nc1cc(/C=C\C)[nH]n1. The van der Waals surface area contributed by atoms with Gasteiger partial charge in [-0.2, -0.15) is 5.10 Å². The summed E-state index contributed by atoms with van der Waals surface area (Å²) in [5, 5.41) is 13.6. The quantitative estimate of drug-likeness (QED) is 0.289. The van der Waals surface area contributed by atoms with Crippen molar-refractivity contribution in [3.63, 3.8) is 0 Å². The normalized spacial score (nSPS) is 15.3. The molecule has 1 aliphatic heterocycles. The van der Waals surface area contributed by atoms with Crippen LogP contribution in [-0.2, 0) is 0 Å². The van der Waals surface area contributed by atoms with E-state index in [0.717, 1.165) is 24.8 Å². The van der Waals surface area contributed by atoms with Crippen molar-refractivity contribution in [2.45, 2.75) is 13.8 Å². The van der Waals surface area contributed by atoms with Crippen molar-refractivity contribution in [1.82, 2.24) is 25.4 Å². The molecule has 184 valence electrons. The highest BCUT2D eigenvalue weighted by Gasteiger charge is 2.17. The Bertz CT molecular complexity index is 1280. The molecule has 2 aromatic heterocycles. The third-order valence-corrected chi connectivity index (χ3v) is 5.43. The van der Waals surface area contributed by atoms with Gasteiger partial charge in [-0.15, -0.1) is 0 Å². The van der Waals surface area contributed by atoms with Crippen LogP contribution < -0.4 is 15.4 Å². The van der Waals surface area contributed by atoms with E-state index in [4.69, 9.17) is 4.74 Å². The van der Waals surface area contributed by atoms with Crippen molar-refractivity contribution in [3.05, 3.63) is 59.2 Å². The van der Waals surface area contributed by atoms with Crippen LogP contribution in [0.1, 0.15) is 18.3 Å². The molecule has 1 saturated heterocycles. The van der Waals surface area contributed by atoms with Crippen molar-refractivity contribution in [2.24, 2.45) is 9.98 Å². The van der Waals surface area contributed by atoms with E-state index < -0.39 is 11.6 Å². The highest BCUT2D eigenvalue weighted by atomic mass is 19.1. The Morgan fingerprint density at radius 2 is 2.09 bits per heavy atom. The van der Waals surface area contributed by atoms with Crippen LogP contribution in [0.3, 0.4) is 0 Å². The summed E-state index contributed by atoms with van der Waals surface area (Å²) in [6, 6.07) is 4.41. The maximum absolute atomic E-state index is 14.9. The molecule has 0 unspecified atom stereocenters. The number of hydrogen-bond acceptors (Lipinski definition) is 6. The predicted octanol–water partition coefficient (Wildman–Crippen LogP) is 3.80. The Labute approximate surface area is 201 Å². The van der Waals surface area contributed by atoms with E-state index in [1.807, 2.05) is 25.1 Å². The lowest BCUT2D eigenvalue weighted by atomic mass is 10.2. The van der Waals surface area contributed by atoms with Crippen molar-refractivity contribution in [3.8, 4) is 5.75 Å². The van der Waals surface area contributed by atoms with E-state index in [1.165, 1.54) is 0 Å². The molecule has 3 heterocycles. The topological polar surface area (TPSA) is 106 Å². The van der Waals surface area contributed by atoms with E-state index in [1.54, 1.807) is 19.1 Å². The van der Waals surface area contributed by atoms with Crippen LogP contribution in [0.4, 0.5) is 14.6 Å². The highest BCUT2D eigenvalue weighted by molar-refractivity contribution is 5.94. The molecule has 0 bridgehead atoms. The number of allylic oxidation sites excluding steroid dienone is 1. The molecule has 4 N–H and O–H groups in total. The number of nitrogens with one attached hydrogen (secondary N) is 4. The standard InChI is InChI=1S/C24H28F2N8O/c1-4-5-16-11-21(33-32-16)31-20(27-3)13-22(34-8-6-28-7-9-34)29-14-35-19-12-18(25)24-17(23(19)26)10-15(2)30-24/h4-5,10-13,28,30H,3,6-9,14H2,1-2H3,(H2,31,32,33)/b5-4-,20-13+,29-22+. The van der Waals surface area contributed by atoms with Crippen LogP contribution in [0.5, 0.6) is 5.75 Å². The number of amidine groups is 1. The zero-order valence-corrected chi connectivity index (χ0v) is 19.7. The lowest BCUT2D eigenvalue weighted by molar-refractivity contribution is 0.305. The fourth-order valence-electron chi connectivity index (χ4n) is 3.78. The zero-order chi connectivity index (χ0) is 24.8. The fourth-order valence-corrected chi connectivity index (χ4v) is 3.78. The highest BCUT2D eigenvalue weighted by Crippen LogP contribution is 2.29. The summed E-state index contributed by atoms with van der Waals surface area (Å²) in [7, 11) is 0. The first-order valence-corrected chi connectivity index (χ1v) is 11.2. The Hall–Kier alpha value is -3.99. The summed E-state index contributed by atoms with van der Waals surface area (Å²) in [6.45, 7) is 10.1. The van der Waals surface area contributed by atoms with Crippen molar-refractivity contribution >= 4 is 35.3 Å². The van der Waals surface area contributed by atoms with E-state index >= 15 is 0 Å². The first kappa shape index (κ1) is 24.1. The number of anilines is 1. The monoisotopic (exact) mass is 482 g/mol. The number of aromatic amines is 2.